The quantitative estimate of drug-likeness (QED) is 0.126. The monoisotopic (exact) mass is 720 g/mol. The molecule has 0 N–H and O–H groups in total. The summed E-state index contributed by atoms with van der Waals surface area (Å²) < 4.78 is 37.0. The van der Waals surface area contributed by atoms with Crippen LogP contribution in [-0.2, 0) is 26.2 Å². The highest BCUT2D eigenvalue weighted by atomic mass is 79.9. The molecule has 0 radical (unpaired) electrons. The molecule has 0 bridgehead atoms. The van der Waals surface area contributed by atoms with Crippen molar-refractivity contribution in [1.82, 2.24) is 13.9 Å². The third-order valence-corrected chi connectivity index (χ3v) is 11.5. The average molecular weight is 723 g/mol. The standard InChI is InChI=1S/C30H31BrCl2N4O4SSi/c1-43(2,3)15-14-41-20-37-30(38)19-36(42(37,39)40)25-11-9-24(10-12-25)35-18-28(26-13-8-23(32)17-27(26)33)34-29(35)16-21-4-6-22(31)7-5-21/h4-13,17-18H,14-16,19-20H2,1-3H3. The summed E-state index contributed by atoms with van der Waals surface area (Å²) >= 11 is 16.1. The third-order valence-electron chi connectivity index (χ3n) is 7.00. The fourth-order valence-corrected chi connectivity index (χ4v) is 7.53. The van der Waals surface area contributed by atoms with Crippen LogP contribution in [0.5, 0.6) is 0 Å². The van der Waals surface area contributed by atoms with Gasteiger partial charge in [-0.2, -0.15) is 12.7 Å². The highest BCUT2D eigenvalue weighted by Gasteiger charge is 2.42. The molecule has 4 aromatic rings. The average Bonchev–Trinajstić information content (AvgIpc) is 3.44. The maximum absolute atomic E-state index is 13.3. The summed E-state index contributed by atoms with van der Waals surface area (Å²) in [5, 5.41) is 1.02. The van der Waals surface area contributed by atoms with Gasteiger partial charge >= 0.3 is 10.2 Å². The van der Waals surface area contributed by atoms with Gasteiger partial charge < -0.3 is 9.30 Å². The molecule has 43 heavy (non-hydrogen) atoms. The zero-order valence-corrected chi connectivity index (χ0v) is 28.8. The molecule has 0 unspecified atom stereocenters. The van der Waals surface area contributed by atoms with Gasteiger partial charge in [0.2, 0.25) is 0 Å². The zero-order valence-electron chi connectivity index (χ0n) is 23.9. The summed E-state index contributed by atoms with van der Waals surface area (Å²) in [7, 11) is -5.41. The van der Waals surface area contributed by atoms with Crippen molar-refractivity contribution in [1.29, 1.82) is 0 Å². The van der Waals surface area contributed by atoms with Gasteiger partial charge in [0.1, 0.15) is 19.1 Å². The van der Waals surface area contributed by atoms with E-state index in [4.69, 9.17) is 32.9 Å². The number of carbonyl (C=O) groups is 1. The second-order valence-electron chi connectivity index (χ2n) is 11.5. The normalized spacial score (nSPS) is 15.0. The van der Waals surface area contributed by atoms with Crippen molar-refractivity contribution < 1.29 is 17.9 Å². The number of halogens is 3. The number of hydrogen-bond acceptors (Lipinski definition) is 5. The van der Waals surface area contributed by atoms with Gasteiger partial charge in [0.25, 0.3) is 5.91 Å². The zero-order chi connectivity index (χ0) is 30.9. The minimum Gasteiger partial charge on any atom is -0.360 e. The Morgan fingerprint density at radius 1 is 0.977 bits per heavy atom. The highest BCUT2D eigenvalue weighted by molar-refractivity contribution is 9.10. The van der Waals surface area contributed by atoms with Crippen LogP contribution in [-0.4, -0.2) is 56.1 Å². The largest absolute Gasteiger partial charge is 0.360 e. The van der Waals surface area contributed by atoms with E-state index in [-0.39, 0.29) is 13.3 Å². The van der Waals surface area contributed by atoms with Crippen molar-refractivity contribution >= 4 is 69.0 Å². The minimum atomic E-state index is -4.06. The van der Waals surface area contributed by atoms with Gasteiger partial charge in [-0.1, -0.05) is 70.9 Å². The molecule has 226 valence electrons. The lowest BCUT2D eigenvalue weighted by molar-refractivity contribution is -0.127. The van der Waals surface area contributed by atoms with Crippen molar-refractivity contribution in [2.75, 3.05) is 24.2 Å². The van der Waals surface area contributed by atoms with E-state index in [1.165, 1.54) is 0 Å². The second-order valence-corrected chi connectivity index (χ2v) is 20.6. The van der Waals surface area contributed by atoms with Gasteiger partial charge in [0, 0.05) is 48.0 Å². The number of anilines is 1. The molecule has 1 aliphatic heterocycles. The van der Waals surface area contributed by atoms with Crippen LogP contribution in [0.2, 0.25) is 35.7 Å². The first-order valence-corrected chi connectivity index (χ1v) is 20.3. The summed E-state index contributed by atoms with van der Waals surface area (Å²) in [6.45, 7) is 6.48. The topological polar surface area (TPSA) is 84.7 Å². The van der Waals surface area contributed by atoms with E-state index in [1.807, 2.05) is 53.2 Å². The summed E-state index contributed by atoms with van der Waals surface area (Å²) in [4.78, 5) is 17.6. The summed E-state index contributed by atoms with van der Waals surface area (Å²) in [5.74, 6) is 0.245. The smallest absolute Gasteiger partial charge is 0.331 e. The van der Waals surface area contributed by atoms with Crippen molar-refractivity contribution in [2.45, 2.75) is 32.1 Å². The van der Waals surface area contributed by atoms with Crippen molar-refractivity contribution in [3.05, 3.63) is 98.8 Å². The van der Waals surface area contributed by atoms with E-state index in [1.54, 1.807) is 24.3 Å². The Bertz CT molecular complexity index is 1740. The molecule has 1 aromatic heterocycles. The van der Waals surface area contributed by atoms with Crippen LogP contribution in [0, 0.1) is 0 Å². The van der Waals surface area contributed by atoms with Crippen molar-refractivity contribution in [3.63, 3.8) is 0 Å². The van der Waals surface area contributed by atoms with E-state index in [0.717, 1.165) is 41.8 Å². The van der Waals surface area contributed by atoms with Gasteiger partial charge in [0.05, 0.1) is 16.4 Å². The molecular formula is C30H31BrCl2N4O4SSi. The summed E-state index contributed by atoms with van der Waals surface area (Å²) in [5.41, 5.74) is 3.64. The van der Waals surface area contributed by atoms with E-state index in [2.05, 4.69) is 35.6 Å². The number of benzene rings is 3. The number of aromatic nitrogens is 2. The number of rotatable bonds is 10. The fraction of sp³-hybridized carbons (Fsp3) is 0.267. The maximum atomic E-state index is 13.3. The van der Waals surface area contributed by atoms with Gasteiger partial charge in [-0.25, -0.2) is 9.29 Å². The Morgan fingerprint density at radius 2 is 1.65 bits per heavy atom. The SMILES string of the molecule is C[Si](C)(C)CCOCN1C(=O)CN(c2ccc(-n3cc(-c4ccc(Cl)cc4Cl)nc3Cc3ccc(Br)cc3)cc2)S1(=O)=O. The van der Waals surface area contributed by atoms with E-state index >= 15 is 0 Å². The lowest BCUT2D eigenvalue weighted by Crippen LogP contribution is -2.36. The molecule has 0 saturated carbocycles. The number of hydrogen-bond donors (Lipinski definition) is 0. The van der Waals surface area contributed by atoms with Crippen LogP contribution in [0.4, 0.5) is 5.69 Å². The number of imidazole rings is 1. The number of nitrogens with zero attached hydrogens (tertiary/aromatic N) is 4. The van der Waals surface area contributed by atoms with Crippen LogP contribution in [0.3, 0.4) is 0 Å². The molecule has 8 nitrogen and oxygen atoms in total. The minimum absolute atomic E-state index is 0.280. The summed E-state index contributed by atoms with van der Waals surface area (Å²) in [6.07, 6.45) is 2.44. The molecule has 1 aliphatic rings. The van der Waals surface area contributed by atoms with Crippen LogP contribution < -0.4 is 4.31 Å². The lowest BCUT2D eigenvalue weighted by Gasteiger charge is -2.21. The van der Waals surface area contributed by atoms with Crippen molar-refractivity contribution in [3.8, 4) is 16.9 Å². The number of carbonyl (C=O) groups excluding carboxylic acids is 1. The van der Waals surface area contributed by atoms with Crippen LogP contribution >= 0.6 is 39.1 Å². The Hall–Kier alpha value is -2.67. The Labute approximate surface area is 271 Å². The van der Waals surface area contributed by atoms with Gasteiger partial charge in [-0.15, -0.1) is 0 Å². The molecule has 2 heterocycles. The van der Waals surface area contributed by atoms with Crippen molar-refractivity contribution in [2.24, 2.45) is 0 Å². The molecule has 0 atom stereocenters. The first-order valence-electron chi connectivity index (χ1n) is 13.6. The van der Waals surface area contributed by atoms with Crippen LogP contribution in [0.1, 0.15) is 11.4 Å². The number of amides is 1. The number of ether oxygens (including phenoxy) is 1. The molecule has 1 fully saturated rings. The van der Waals surface area contributed by atoms with Gasteiger partial charge in [0.15, 0.2) is 0 Å². The van der Waals surface area contributed by atoms with E-state index < -0.39 is 24.2 Å². The Balaban J connectivity index is 1.42. The molecule has 0 spiro atoms. The van der Waals surface area contributed by atoms with E-state index in [0.29, 0.717) is 34.5 Å². The first-order chi connectivity index (χ1) is 20.3. The highest BCUT2D eigenvalue weighted by Crippen LogP contribution is 2.32. The lowest BCUT2D eigenvalue weighted by atomic mass is 10.1. The third kappa shape index (κ3) is 7.35. The molecule has 1 saturated heterocycles. The molecule has 0 aliphatic carbocycles. The molecule has 13 heteroatoms. The maximum Gasteiger partial charge on any atom is 0.331 e. The predicted molar refractivity (Wildman–Crippen MR) is 178 cm³/mol. The predicted octanol–water partition coefficient (Wildman–Crippen LogP) is 7.41. The molecule has 5 rings (SSSR count). The Kier molecular flexibility index (Phi) is 9.41. The molecule has 1 amide bonds. The van der Waals surface area contributed by atoms with Crippen LogP contribution in [0.25, 0.3) is 16.9 Å². The van der Waals surface area contributed by atoms with E-state index in [9.17, 15) is 13.2 Å². The molecular weight excluding hydrogens is 691 g/mol. The second kappa shape index (κ2) is 12.7. The van der Waals surface area contributed by atoms with Crippen LogP contribution in [0.15, 0.2) is 77.4 Å². The fourth-order valence-electron chi connectivity index (χ4n) is 4.58. The van der Waals surface area contributed by atoms with Gasteiger partial charge in [-0.05, 0) is 66.2 Å². The summed E-state index contributed by atoms with van der Waals surface area (Å²) in [6, 6.07) is 21.2. The molecule has 3 aromatic carbocycles. The van der Waals surface area contributed by atoms with Gasteiger partial charge in [-0.3, -0.25) is 4.79 Å². The Morgan fingerprint density at radius 3 is 2.30 bits per heavy atom. The first kappa shape index (κ1) is 31.7.